The number of hydrogen-bond donors (Lipinski definition) is 2. The molecular formula is C22H27FN2O2. The zero-order valence-corrected chi connectivity index (χ0v) is 15.8. The lowest BCUT2D eigenvalue weighted by Gasteiger charge is -2.19. The summed E-state index contributed by atoms with van der Waals surface area (Å²) in [5, 5.41) is 3.20. The zero-order valence-electron chi connectivity index (χ0n) is 15.8. The minimum Gasteiger partial charge on any atom is -0.489 e. The number of carbonyl (C=O) groups is 1. The second-order valence-corrected chi connectivity index (χ2v) is 7.16. The number of primary amides is 1. The molecule has 0 aromatic heterocycles. The first-order valence-corrected chi connectivity index (χ1v) is 9.58. The quantitative estimate of drug-likeness (QED) is 0.732. The van der Waals surface area contributed by atoms with Crippen LogP contribution in [0.25, 0.3) is 0 Å². The third-order valence-electron chi connectivity index (χ3n) is 5.15. The summed E-state index contributed by atoms with van der Waals surface area (Å²) >= 11 is 0. The molecule has 0 radical (unpaired) electrons. The average Bonchev–Trinajstić information content (AvgIpc) is 2.91. The van der Waals surface area contributed by atoms with Crippen molar-refractivity contribution in [2.24, 2.45) is 5.73 Å². The van der Waals surface area contributed by atoms with Crippen molar-refractivity contribution in [1.82, 2.24) is 5.32 Å². The Hall–Kier alpha value is -2.40. The first kappa shape index (κ1) is 19.4. The molecule has 3 rings (SSSR count). The number of nitrogens with one attached hydrogen (secondary N) is 1. The standard InChI is InChI=1S/C22H27FN2O2/c1-15(22(24)26)25-13-17-10-11-21(20-9-4-2-3-8-19(17)20)27-14-16-6-5-7-18(23)12-16/h5-7,10-12,15,25H,2-4,8-9,13-14H2,1H3,(H2,24,26)/t15-/m0/s1. The van der Waals surface area contributed by atoms with E-state index in [9.17, 15) is 9.18 Å². The molecule has 0 bridgehead atoms. The molecule has 0 unspecified atom stereocenters. The predicted molar refractivity (Wildman–Crippen MR) is 104 cm³/mol. The van der Waals surface area contributed by atoms with Crippen LogP contribution in [-0.2, 0) is 30.8 Å². The van der Waals surface area contributed by atoms with Gasteiger partial charge in [0.1, 0.15) is 18.2 Å². The maximum absolute atomic E-state index is 13.4. The molecule has 1 aliphatic rings. The number of benzene rings is 2. The van der Waals surface area contributed by atoms with Gasteiger partial charge in [-0.25, -0.2) is 4.39 Å². The van der Waals surface area contributed by atoms with Gasteiger partial charge in [-0.1, -0.05) is 24.6 Å². The van der Waals surface area contributed by atoms with Gasteiger partial charge in [0.2, 0.25) is 5.91 Å². The molecule has 0 fully saturated rings. The first-order valence-electron chi connectivity index (χ1n) is 9.58. The number of nitrogens with two attached hydrogens (primary N) is 1. The van der Waals surface area contributed by atoms with Gasteiger partial charge < -0.3 is 15.8 Å². The Morgan fingerprint density at radius 3 is 2.70 bits per heavy atom. The van der Waals surface area contributed by atoms with Crippen molar-refractivity contribution in [2.75, 3.05) is 0 Å². The molecule has 27 heavy (non-hydrogen) atoms. The number of ether oxygens (including phenoxy) is 1. The zero-order chi connectivity index (χ0) is 19.2. The molecule has 144 valence electrons. The van der Waals surface area contributed by atoms with Crippen molar-refractivity contribution in [1.29, 1.82) is 0 Å². The summed E-state index contributed by atoms with van der Waals surface area (Å²) in [6.07, 6.45) is 5.47. The van der Waals surface area contributed by atoms with E-state index in [4.69, 9.17) is 10.5 Å². The molecule has 1 amide bonds. The Labute approximate surface area is 159 Å². The van der Waals surface area contributed by atoms with Crippen molar-refractivity contribution >= 4 is 5.91 Å². The minimum atomic E-state index is -0.365. The van der Waals surface area contributed by atoms with E-state index in [1.165, 1.54) is 35.2 Å². The van der Waals surface area contributed by atoms with E-state index in [-0.39, 0.29) is 17.8 Å². The van der Waals surface area contributed by atoms with Gasteiger partial charge in [-0.05, 0) is 73.1 Å². The summed E-state index contributed by atoms with van der Waals surface area (Å²) in [5.41, 5.74) is 9.91. The molecule has 4 nitrogen and oxygen atoms in total. The fourth-order valence-corrected chi connectivity index (χ4v) is 3.54. The second kappa shape index (κ2) is 9.00. The van der Waals surface area contributed by atoms with Gasteiger partial charge in [0.25, 0.3) is 0 Å². The normalized spacial score (nSPS) is 14.9. The summed E-state index contributed by atoms with van der Waals surface area (Å²) in [6, 6.07) is 10.2. The molecule has 5 heteroatoms. The van der Waals surface area contributed by atoms with Crippen LogP contribution in [0.2, 0.25) is 0 Å². The summed E-state index contributed by atoms with van der Waals surface area (Å²) < 4.78 is 19.4. The average molecular weight is 370 g/mol. The molecule has 1 atom stereocenters. The molecule has 2 aromatic rings. The van der Waals surface area contributed by atoms with Crippen LogP contribution in [0.5, 0.6) is 5.75 Å². The maximum Gasteiger partial charge on any atom is 0.234 e. The van der Waals surface area contributed by atoms with Crippen molar-refractivity contribution < 1.29 is 13.9 Å². The van der Waals surface area contributed by atoms with E-state index in [2.05, 4.69) is 11.4 Å². The smallest absolute Gasteiger partial charge is 0.234 e. The van der Waals surface area contributed by atoms with Gasteiger partial charge in [-0.3, -0.25) is 4.79 Å². The molecule has 0 saturated carbocycles. The summed E-state index contributed by atoms with van der Waals surface area (Å²) in [4.78, 5) is 11.3. The summed E-state index contributed by atoms with van der Waals surface area (Å²) in [7, 11) is 0. The van der Waals surface area contributed by atoms with Crippen molar-refractivity contribution in [2.45, 2.75) is 58.2 Å². The largest absolute Gasteiger partial charge is 0.489 e. The number of halogens is 1. The number of rotatable bonds is 7. The van der Waals surface area contributed by atoms with Gasteiger partial charge in [0, 0.05) is 6.54 Å². The summed E-state index contributed by atoms with van der Waals surface area (Å²) in [5.74, 6) is 0.277. The topological polar surface area (TPSA) is 64.3 Å². The van der Waals surface area contributed by atoms with Crippen LogP contribution < -0.4 is 15.8 Å². The lowest BCUT2D eigenvalue weighted by molar-refractivity contribution is -0.119. The number of amides is 1. The van der Waals surface area contributed by atoms with Crippen molar-refractivity contribution in [3.63, 3.8) is 0 Å². The second-order valence-electron chi connectivity index (χ2n) is 7.16. The first-order chi connectivity index (χ1) is 13.0. The van der Waals surface area contributed by atoms with Gasteiger partial charge in [-0.15, -0.1) is 0 Å². The fraction of sp³-hybridized carbons (Fsp3) is 0.409. The third kappa shape index (κ3) is 5.07. The minimum absolute atomic E-state index is 0.250. The Kier molecular flexibility index (Phi) is 6.45. The Balaban J connectivity index is 1.79. The van der Waals surface area contributed by atoms with Crippen LogP contribution in [0.15, 0.2) is 36.4 Å². The highest BCUT2D eigenvalue weighted by molar-refractivity contribution is 5.79. The third-order valence-corrected chi connectivity index (χ3v) is 5.15. The molecule has 0 aliphatic heterocycles. The highest BCUT2D eigenvalue weighted by Gasteiger charge is 2.18. The van der Waals surface area contributed by atoms with Crippen LogP contribution in [-0.4, -0.2) is 11.9 Å². The fourth-order valence-electron chi connectivity index (χ4n) is 3.54. The number of fused-ring (bicyclic) bond motifs is 1. The SMILES string of the molecule is C[C@H](NCc1ccc(OCc2cccc(F)c2)c2c1CCCCC2)C(N)=O. The van der Waals surface area contributed by atoms with Crippen LogP contribution in [0.3, 0.4) is 0 Å². The molecule has 1 aliphatic carbocycles. The van der Waals surface area contributed by atoms with Gasteiger partial charge in [0.05, 0.1) is 6.04 Å². The molecule has 0 saturated heterocycles. The van der Waals surface area contributed by atoms with E-state index in [0.717, 1.165) is 37.0 Å². The van der Waals surface area contributed by atoms with Gasteiger partial charge in [-0.2, -0.15) is 0 Å². The van der Waals surface area contributed by atoms with E-state index >= 15 is 0 Å². The number of carbonyl (C=O) groups excluding carboxylic acids is 1. The highest BCUT2D eigenvalue weighted by atomic mass is 19.1. The lowest BCUT2D eigenvalue weighted by atomic mass is 9.95. The molecule has 2 aromatic carbocycles. The van der Waals surface area contributed by atoms with Crippen molar-refractivity contribution in [3.05, 3.63) is 64.5 Å². The summed E-state index contributed by atoms with van der Waals surface area (Å²) in [6.45, 7) is 2.73. The van der Waals surface area contributed by atoms with E-state index in [1.807, 2.05) is 12.1 Å². The molecule has 0 spiro atoms. The molecule has 3 N–H and O–H groups in total. The van der Waals surface area contributed by atoms with Gasteiger partial charge >= 0.3 is 0 Å². The van der Waals surface area contributed by atoms with Crippen molar-refractivity contribution in [3.8, 4) is 5.75 Å². The molecular weight excluding hydrogens is 343 g/mol. The Bertz CT molecular complexity index is 807. The predicted octanol–water partition coefficient (Wildman–Crippen LogP) is 3.64. The van der Waals surface area contributed by atoms with Crippen LogP contribution in [0.4, 0.5) is 4.39 Å². The number of hydrogen-bond acceptors (Lipinski definition) is 3. The highest BCUT2D eigenvalue weighted by Crippen LogP contribution is 2.32. The molecule has 0 heterocycles. The van der Waals surface area contributed by atoms with Crippen LogP contribution in [0, 0.1) is 5.82 Å². The van der Waals surface area contributed by atoms with Crippen LogP contribution >= 0.6 is 0 Å². The van der Waals surface area contributed by atoms with Crippen LogP contribution in [0.1, 0.15) is 48.4 Å². The lowest BCUT2D eigenvalue weighted by Crippen LogP contribution is -2.38. The van der Waals surface area contributed by atoms with E-state index in [1.54, 1.807) is 13.0 Å². The van der Waals surface area contributed by atoms with E-state index < -0.39 is 0 Å². The Morgan fingerprint density at radius 1 is 1.19 bits per heavy atom. The van der Waals surface area contributed by atoms with E-state index in [0.29, 0.717) is 13.2 Å². The monoisotopic (exact) mass is 370 g/mol. The maximum atomic E-state index is 13.4. The van der Waals surface area contributed by atoms with Gasteiger partial charge in [0.15, 0.2) is 0 Å². The Morgan fingerprint density at radius 2 is 1.96 bits per heavy atom.